The van der Waals surface area contributed by atoms with E-state index in [2.05, 4.69) is 37.9 Å². The minimum Gasteiger partial charge on any atom is -0.339 e. The molecule has 3 atom stereocenters. The van der Waals surface area contributed by atoms with Gasteiger partial charge in [-0.15, -0.1) is 0 Å². The minimum absolute atomic E-state index is 0.0960. The molecule has 2 fully saturated rings. The van der Waals surface area contributed by atoms with Gasteiger partial charge in [-0.1, -0.05) is 20.3 Å². The molecule has 0 spiro atoms. The number of nitrogens with one attached hydrogen (secondary N) is 1. The van der Waals surface area contributed by atoms with E-state index in [4.69, 9.17) is 0 Å². The van der Waals surface area contributed by atoms with E-state index in [1.54, 1.807) is 0 Å². The van der Waals surface area contributed by atoms with Crippen molar-refractivity contribution in [2.75, 3.05) is 13.1 Å². The molecule has 0 aromatic carbocycles. The van der Waals surface area contributed by atoms with Gasteiger partial charge in [0.1, 0.15) is 0 Å². The number of carbonyl (C=O) groups excluding carboxylic acids is 1. The van der Waals surface area contributed by atoms with Gasteiger partial charge in [0.2, 0.25) is 5.91 Å². The van der Waals surface area contributed by atoms with Crippen molar-refractivity contribution in [3.63, 3.8) is 0 Å². The van der Waals surface area contributed by atoms with E-state index in [1.807, 2.05) is 0 Å². The molecule has 104 valence electrons. The maximum absolute atomic E-state index is 12.7. The molecule has 0 radical (unpaired) electrons. The average molecular weight is 252 g/mol. The third-order valence-corrected chi connectivity index (χ3v) is 4.48. The van der Waals surface area contributed by atoms with E-state index in [1.165, 1.54) is 19.3 Å². The molecule has 18 heavy (non-hydrogen) atoms. The van der Waals surface area contributed by atoms with Crippen molar-refractivity contribution in [1.82, 2.24) is 10.2 Å². The summed E-state index contributed by atoms with van der Waals surface area (Å²) >= 11 is 0. The Hall–Kier alpha value is -0.570. The van der Waals surface area contributed by atoms with Gasteiger partial charge in [-0.3, -0.25) is 4.79 Å². The second kappa shape index (κ2) is 5.60. The summed E-state index contributed by atoms with van der Waals surface area (Å²) in [7, 11) is 0. The molecule has 0 aromatic rings. The first-order valence-corrected chi connectivity index (χ1v) is 7.54. The molecule has 0 bridgehead atoms. The third-order valence-electron chi connectivity index (χ3n) is 4.48. The summed E-state index contributed by atoms with van der Waals surface area (Å²) in [4.78, 5) is 14.8. The number of fused-ring (bicyclic) bond motifs is 1. The van der Waals surface area contributed by atoms with Crippen molar-refractivity contribution in [2.45, 2.75) is 59.0 Å². The fourth-order valence-corrected chi connectivity index (χ4v) is 3.59. The molecule has 1 aliphatic carbocycles. The van der Waals surface area contributed by atoms with Crippen molar-refractivity contribution in [1.29, 1.82) is 0 Å². The Kier molecular flexibility index (Phi) is 4.31. The smallest absolute Gasteiger partial charge is 0.240 e. The fourth-order valence-electron chi connectivity index (χ4n) is 3.59. The minimum atomic E-state index is 0.0960. The number of hydrogen-bond acceptors (Lipinski definition) is 2. The van der Waals surface area contributed by atoms with Crippen LogP contribution in [-0.2, 0) is 4.79 Å². The van der Waals surface area contributed by atoms with Crippen LogP contribution in [0.5, 0.6) is 0 Å². The van der Waals surface area contributed by atoms with Crippen LogP contribution in [-0.4, -0.2) is 36.0 Å². The van der Waals surface area contributed by atoms with Gasteiger partial charge in [0, 0.05) is 12.6 Å². The van der Waals surface area contributed by atoms with E-state index in [9.17, 15) is 4.79 Å². The van der Waals surface area contributed by atoms with Crippen LogP contribution in [0.4, 0.5) is 0 Å². The lowest BCUT2D eigenvalue weighted by molar-refractivity contribution is -0.136. The Morgan fingerprint density at radius 2 is 2.00 bits per heavy atom. The second-order valence-electron chi connectivity index (χ2n) is 6.72. The molecule has 1 heterocycles. The van der Waals surface area contributed by atoms with Crippen LogP contribution in [0.2, 0.25) is 0 Å². The summed E-state index contributed by atoms with van der Waals surface area (Å²) in [6, 6.07) is 0.404. The highest BCUT2D eigenvalue weighted by molar-refractivity contribution is 5.83. The first kappa shape index (κ1) is 13.9. The van der Waals surface area contributed by atoms with Gasteiger partial charge in [-0.2, -0.15) is 0 Å². The Morgan fingerprint density at radius 3 is 2.61 bits per heavy atom. The standard InChI is InChI=1S/C15H28N2O/c1-10(2)9-17(11(3)4)15(18)14-13-7-5-6-12(13)8-16-14/h10-14,16H,5-9H2,1-4H3. The molecule has 3 unspecified atom stereocenters. The first-order chi connectivity index (χ1) is 8.50. The van der Waals surface area contributed by atoms with Gasteiger partial charge in [-0.05, 0) is 51.0 Å². The van der Waals surface area contributed by atoms with E-state index < -0.39 is 0 Å². The summed E-state index contributed by atoms with van der Waals surface area (Å²) in [5.74, 6) is 2.24. The van der Waals surface area contributed by atoms with Crippen LogP contribution in [0.15, 0.2) is 0 Å². The monoisotopic (exact) mass is 252 g/mol. The van der Waals surface area contributed by atoms with Crippen molar-refractivity contribution >= 4 is 5.91 Å². The van der Waals surface area contributed by atoms with Crippen LogP contribution in [0.3, 0.4) is 0 Å². The lowest BCUT2D eigenvalue weighted by Crippen LogP contribution is -2.50. The predicted molar refractivity (Wildman–Crippen MR) is 74.3 cm³/mol. The van der Waals surface area contributed by atoms with Gasteiger partial charge in [-0.25, -0.2) is 0 Å². The van der Waals surface area contributed by atoms with Crippen LogP contribution in [0.25, 0.3) is 0 Å². The summed E-state index contributed by atoms with van der Waals surface area (Å²) in [5.41, 5.74) is 0. The van der Waals surface area contributed by atoms with Gasteiger partial charge >= 0.3 is 0 Å². The SMILES string of the molecule is CC(C)CN(C(=O)C1NCC2CCCC21)C(C)C. The van der Waals surface area contributed by atoms with Gasteiger partial charge in [0.25, 0.3) is 0 Å². The van der Waals surface area contributed by atoms with Crippen molar-refractivity contribution in [2.24, 2.45) is 17.8 Å². The van der Waals surface area contributed by atoms with Gasteiger partial charge in [0.15, 0.2) is 0 Å². The van der Waals surface area contributed by atoms with E-state index in [0.29, 0.717) is 23.8 Å². The van der Waals surface area contributed by atoms with E-state index in [0.717, 1.165) is 19.0 Å². The Bertz CT molecular complexity index is 297. The van der Waals surface area contributed by atoms with Gasteiger partial charge < -0.3 is 10.2 Å². The number of rotatable bonds is 4. The largest absolute Gasteiger partial charge is 0.339 e. The highest BCUT2D eigenvalue weighted by Gasteiger charge is 2.44. The number of carbonyl (C=O) groups is 1. The molecule has 1 saturated heterocycles. The van der Waals surface area contributed by atoms with Crippen molar-refractivity contribution in [3.8, 4) is 0 Å². The molecule has 1 aliphatic heterocycles. The highest BCUT2D eigenvalue weighted by Crippen LogP contribution is 2.38. The van der Waals surface area contributed by atoms with Crippen molar-refractivity contribution < 1.29 is 4.79 Å². The van der Waals surface area contributed by atoms with Crippen LogP contribution >= 0.6 is 0 Å². The quantitative estimate of drug-likeness (QED) is 0.832. The van der Waals surface area contributed by atoms with E-state index >= 15 is 0 Å². The number of nitrogens with zero attached hydrogens (tertiary/aromatic N) is 1. The zero-order valence-corrected chi connectivity index (χ0v) is 12.3. The van der Waals surface area contributed by atoms with Gasteiger partial charge in [0.05, 0.1) is 6.04 Å². The Morgan fingerprint density at radius 1 is 1.28 bits per heavy atom. The summed E-state index contributed by atoms with van der Waals surface area (Å²) in [6.07, 6.45) is 3.86. The molecule has 3 nitrogen and oxygen atoms in total. The van der Waals surface area contributed by atoms with Crippen LogP contribution in [0, 0.1) is 17.8 Å². The summed E-state index contributed by atoms with van der Waals surface area (Å²) < 4.78 is 0. The fraction of sp³-hybridized carbons (Fsp3) is 0.933. The molecule has 2 aliphatic rings. The molecule has 3 heteroatoms. The molecule has 1 saturated carbocycles. The zero-order valence-electron chi connectivity index (χ0n) is 12.3. The predicted octanol–water partition coefficient (Wildman–Crippen LogP) is 2.27. The molecular weight excluding hydrogens is 224 g/mol. The van der Waals surface area contributed by atoms with Crippen LogP contribution in [0.1, 0.15) is 47.0 Å². The lowest BCUT2D eigenvalue weighted by Gasteiger charge is -2.32. The molecule has 1 amide bonds. The Labute approximate surface area is 111 Å². The topological polar surface area (TPSA) is 32.3 Å². The van der Waals surface area contributed by atoms with Crippen LogP contribution < -0.4 is 5.32 Å². The highest BCUT2D eigenvalue weighted by atomic mass is 16.2. The van der Waals surface area contributed by atoms with Crippen molar-refractivity contribution in [3.05, 3.63) is 0 Å². The third kappa shape index (κ3) is 2.71. The zero-order chi connectivity index (χ0) is 13.3. The second-order valence-corrected chi connectivity index (χ2v) is 6.72. The maximum Gasteiger partial charge on any atom is 0.240 e. The number of hydrogen-bond donors (Lipinski definition) is 1. The number of amides is 1. The normalized spacial score (nSPS) is 31.1. The van der Waals surface area contributed by atoms with E-state index in [-0.39, 0.29) is 6.04 Å². The lowest BCUT2D eigenvalue weighted by atomic mass is 9.93. The molecular formula is C15H28N2O. The molecule has 2 rings (SSSR count). The Balaban J connectivity index is 2.04. The first-order valence-electron chi connectivity index (χ1n) is 7.54. The molecule has 1 N–H and O–H groups in total. The summed E-state index contributed by atoms with van der Waals surface area (Å²) in [5, 5.41) is 3.48. The summed E-state index contributed by atoms with van der Waals surface area (Å²) in [6.45, 7) is 10.6. The maximum atomic E-state index is 12.7. The average Bonchev–Trinajstić information content (AvgIpc) is 2.85. The molecule has 0 aromatic heterocycles.